The molecule has 0 unspecified atom stereocenters. The number of aromatic carboxylic acids is 1. The van der Waals surface area contributed by atoms with E-state index in [9.17, 15) is 23.7 Å². The standard InChI is InChI=1S/C10H11F2N3O5/c11-8(12)5-14(1-2-16)9-7(15(19)20)3-6(4-13-9)10(17)18/h3-4,8,16H,1-2,5H2,(H,17,18). The van der Waals surface area contributed by atoms with Crippen LogP contribution >= 0.6 is 0 Å². The fourth-order valence-electron chi connectivity index (χ4n) is 1.51. The molecule has 1 heterocycles. The molecule has 2 N–H and O–H groups in total. The van der Waals surface area contributed by atoms with E-state index in [1.54, 1.807) is 0 Å². The predicted octanol–water partition coefficient (Wildman–Crippen LogP) is 0.752. The van der Waals surface area contributed by atoms with Crippen molar-refractivity contribution < 1.29 is 28.7 Å². The van der Waals surface area contributed by atoms with E-state index in [0.29, 0.717) is 0 Å². The Labute approximate surface area is 111 Å². The van der Waals surface area contributed by atoms with Gasteiger partial charge in [-0.05, 0) is 0 Å². The first-order valence-electron chi connectivity index (χ1n) is 5.38. The van der Waals surface area contributed by atoms with Crippen molar-refractivity contribution in [2.45, 2.75) is 6.43 Å². The monoisotopic (exact) mass is 291 g/mol. The number of nitro groups is 1. The van der Waals surface area contributed by atoms with Crippen LogP contribution in [0.5, 0.6) is 0 Å². The van der Waals surface area contributed by atoms with Crippen LogP contribution in [0.25, 0.3) is 0 Å². The molecule has 0 aliphatic rings. The molecule has 0 spiro atoms. The quantitative estimate of drug-likeness (QED) is 0.562. The zero-order chi connectivity index (χ0) is 15.3. The minimum Gasteiger partial charge on any atom is -0.478 e. The number of halogens is 2. The number of carboxylic acids is 1. The van der Waals surface area contributed by atoms with Crippen molar-refractivity contribution in [1.29, 1.82) is 0 Å². The lowest BCUT2D eigenvalue weighted by molar-refractivity contribution is -0.384. The molecule has 8 nitrogen and oxygen atoms in total. The molecule has 1 aromatic rings. The van der Waals surface area contributed by atoms with Crippen LogP contribution in [0.1, 0.15) is 10.4 Å². The van der Waals surface area contributed by atoms with Crippen molar-refractivity contribution in [2.75, 3.05) is 24.6 Å². The molecular weight excluding hydrogens is 280 g/mol. The van der Waals surface area contributed by atoms with Gasteiger partial charge in [-0.15, -0.1) is 0 Å². The zero-order valence-corrected chi connectivity index (χ0v) is 10.1. The lowest BCUT2D eigenvalue weighted by atomic mass is 10.2. The number of aliphatic hydroxyl groups is 1. The van der Waals surface area contributed by atoms with Gasteiger partial charge in [-0.3, -0.25) is 10.1 Å². The second-order valence-electron chi connectivity index (χ2n) is 3.69. The van der Waals surface area contributed by atoms with Crippen molar-refractivity contribution in [3.63, 3.8) is 0 Å². The minimum atomic E-state index is -2.79. The second kappa shape index (κ2) is 6.70. The Balaban J connectivity index is 3.25. The minimum absolute atomic E-state index is 0.287. The number of hydrogen-bond donors (Lipinski definition) is 2. The van der Waals surface area contributed by atoms with Crippen molar-refractivity contribution in [1.82, 2.24) is 4.98 Å². The Morgan fingerprint density at radius 3 is 2.65 bits per heavy atom. The van der Waals surface area contributed by atoms with Gasteiger partial charge in [-0.2, -0.15) is 0 Å². The molecule has 1 rings (SSSR count). The molecule has 110 valence electrons. The van der Waals surface area contributed by atoms with E-state index in [2.05, 4.69) is 4.98 Å². The topological polar surface area (TPSA) is 117 Å². The van der Waals surface area contributed by atoms with Gasteiger partial charge < -0.3 is 15.1 Å². The van der Waals surface area contributed by atoms with E-state index < -0.39 is 47.5 Å². The van der Waals surface area contributed by atoms with Gasteiger partial charge in [-0.25, -0.2) is 18.6 Å². The largest absolute Gasteiger partial charge is 0.478 e. The molecule has 0 saturated heterocycles. The third kappa shape index (κ3) is 3.82. The van der Waals surface area contributed by atoms with Gasteiger partial charge in [0.1, 0.15) is 0 Å². The van der Waals surface area contributed by atoms with Crippen LogP contribution in [0.2, 0.25) is 0 Å². The summed E-state index contributed by atoms with van der Waals surface area (Å²) in [5.74, 6) is -1.83. The Bertz CT molecular complexity index is 512. The molecular formula is C10H11F2N3O5. The van der Waals surface area contributed by atoms with E-state index >= 15 is 0 Å². The summed E-state index contributed by atoms with van der Waals surface area (Å²) in [5, 5.41) is 28.4. The summed E-state index contributed by atoms with van der Waals surface area (Å²) in [6.07, 6.45) is -1.96. The first kappa shape index (κ1) is 15.7. The molecule has 0 aliphatic carbocycles. The molecule has 0 atom stereocenters. The second-order valence-corrected chi connectivity index (χ2v) is 3.69. The first-order valence-corrected chi connectivity index (χ1v) is 5.38. The number of carbonyl (C=O) groups is 1. The molecule has 20 heavy (non-hydrogen) atoms. The van der Waals surface area contributed by atoms with Gasteiger partial charge in [0.05, 0.1) is 23.6 Å². The number of aliphatic hydroxyl groups excluding tert-OH is 1. The highest BCUT2D eigenvalue weighted by atomic mass is 19.3. The summed E-state index contributed by atoms with van der Waals surface area (Å²) in [5.41, 5.74) is -1.14. The van der Waals surface area contributed by atoms with Gasteiger partial charge in [-0.1, -0.05) is 0 Å². The summed E-state index contributed by atoms with van der Waals surface area (Å²) in [6.45, 7) is -1.66. The van der Waals surface area contributed by atoms with Crippen molar-refractivity contribution >= 4 is 17.5 Å². The average Bonchev–Trinajstić information content (AvgIpc) is 2.36. The number of carboxylic acid groups (broad SMARTS) is 1. The predicted molar refractivity (Wildman–Crippen MR) is 63.2 cm³/mol. The SMILES string of the molecule is O=C(O)c1cnc(N(CCO)CC(F)F)c([N+](=O)[O-])c1. The molecule has 0 saturated carbocycles. The number of hydrogen-bond acceptors (Lipinski definition) is 6. The molecule has 0 bridgehead atoms. The summed E-state index contributed by atoms with van der Waals surface area (Å²) < 4.78 is 24.8. The Hall–Kier alpha value is -2.36. The lowest BCUT2D eigenvalue weighted by Gasteiger charge is -2.21. The number of nitrogens with zero attached hydrogens (tertiary/aromatic N) is 3. The van der Waals surface area contributed by atoms with Crippen LogP contribution in [0.15, 0.2) is 12.3 Å². The first-order chi connectivity index (χ1) is 9.36. The Morgan fingerprint density at radius 1 is 1.55 bits per heavy atom. The van der Waals surface area contributed by atoms with Crippen molar-refractivity contribution in [3.05, 3.63) is 27.9 Å². The molecule has 1 aromatic heterocycles. The van der Waals surface area contributed by atoms with E-state index in [1.165, 1.54) is 0 Å². The van der Waals surface area contributed by atoms with E-state index in [0.717, 1.165) is 17.2 Å². The van der Waals surface area contributed by atoms with Crippen molar-refractivity contribution in [2.24, 2.45) is 0 Å². The molecule has 0 amide bonds. The summed E-state index contributed by atoms with van der Waals surface area (Å²) in [6, 6.07) is 0.737. The van der Waals surface area contributed by atoms with E-state index in [1.807, 2.05) is 0 Å². The number of anilines is 1. The maximum Gasteiger partial charge on any atom is 0.337 e. The maximum absolute atomic E-state index is 12.4. The fourth-order valence-corrected chi connectivity index (χ4v) is 1.51. The highest BCUT2D eigenvalue weighted by Gasteiger charge is 2.25. The van der Waals surface area contributed by atoms with Gasteiger partial charge >= 0.3 is 11.7 Å². The third-order valence-electron chi connectivity index (χ3n) is 2.32. The lowest BCUT2D eigenvalue weighted by Crippen LogP contribution is -2.33. The van der Waals surface area contributed by atoms with Crippen LogP contribution in [0.3, 0.4) is 0 Å². The Morgan fingerprint density at radius 2 is 2.20 bits per heavy atom. The van der Waals surface area contributed by atoms with Crippen LogP contribution in [-0.2, 0) is 0 Å². The van der Waals surface area contributed by atoms with Crippen molar-refractivity contribution in [3.8, 4) is 0 Å². The molecule has 0 aromatic carbocycles. The molecule has 0 aliphatic heterocycles. The molecule has 0 fully saturated rings. The number of alkyl halides is 2. The third-order valence-corrected chi connectivity index (χ3v) is 2.32. The van der Waals surface area contributed by atoms with Gasteiger partial charge in [0.15, 0.2) is 0 Å². The zero-order valence-electron chi connectivity index (χ0n) is 10.1. The van der Waals surface area contributed by atoms with Crippen LogP contribution in [0.4, 0.5) is 20.3 Å². The highest BCUT2D eigenvalue weighted by Crippen LogP contribution is 2.27. The van der Waals surface area contributed by atoms with Gasteiger partial charge in [0.25, 0.3) is 6.43 Å². The van der Waals surface area contributed by atoms with E-state index in [4.69, 9.17) is 10.2 Å². The summed E-state index contributed by atoms with van der Waals surface area (Å²) in [4.78, 5) is 25.1. The highest BCUT2D eigenvalue weighted by molar-refractivity contribution is 5.88. The fraction of sp³-hybridized carbons (Fsp3) is 0.400. The van der Waals surface area contributed by atoms with Crippen LogP contribution in [-0.4, -0.2) is 52.2 Å². The number of pyridine rings is 1. The smallest absolute Gasteiger partial charge is 0.337 e. The van der Waals surface area contributed by atoms with Crippen LogP contribution < -0.4 is 4.90 Å². The van der Waals surface area contributed by atoms with Crippen LogP contribution in [0, 0.1) is 10.1 Å². The molecule has 0 radical (unpaired) electrons. The number of rotatable bonds is 7. The van der Waals surface area contributed by atoms with E-state index in [-0.39, 0.29) is 6.54 Å². The summed E-state index contributed by atoms with van der Waals surface area (Å²) in [7, 11) is 0. The maximum atomic E-state index is 12.4. The normalized spacial score (nSPS) is 10.6. The average molecular weight is 291 g/mol. The number of aromatic nitrogens is 1. The summed E-state index contributed by atoms with van der Waals surface area (Å²) >= 11 is 0. The van der Waals surface area contributed by atoms with Gasteiger partial charge in [0, 0.05) is 18.8 Å². The molecule has 10 heteroatoms. The van der Waals surface area contributed by atoms with Gasteiger partial charge in [0.2, 0.25) is 5.82 Å². The Kier molecular flexibility index (Phi) is 5.26.